The number of halogens is 1. The van der Waals surface area contributed by atoms with Crippen molar-refractivity contribution in [1.82, 2.24) is 28.7 Å². The Hall–Kier alpha value is -2.48. The van der Waals surface area contributed by atoms with Crippen molar-refractivity contribution >= 4 is 27.3 Å². The maximum absolute atomic E-state index is 13.1. The SMILES string of the molecule is Cn1ncc(S(=O)(=O)N2CCC(c3cn4ncnc4cc3Cl)CC2)c1CC#N. The highest BCUT2D eigenvalue weighted by atomic mass is 35.5. The average Bonchev–Trinajstić information content (AvgIpc) is 3.28. The van der Waals surface area contributed by atoms with Crippen LogP contribution in [0, 0.1) is 11.3 Å². The van der Waals surface area contributed by atoms with Gasteiger partial charge in [0.1, 0.15) is 11.2 Å². The minimum Gasteiger partial charge on any atom is -0.270 e. The summed E-state index contributed by atoms with van der Waals surface area (Å²) in [7, 11) is -2.06. The van der Waals surface area contributed by atoms with Gasteiger partial charge in [0.2, 0.25) is 10.0 Å². The van der Waals surface area contributed by atoms with Crippen LogP contribution in [0.1, 0.15) is 30.0 Å². The molecule has 28 heavy (non-hydrogen) atoms. The molecule has 0 unspecified atom stereocenters. The van der Waals surface area contributed by atoms with Gasteiger partial charge >= 0.3 is 0 Å². The van der Waals surface area contributed by atoms with Crippen LogP contribution in [-0.4, -0.2) is 50.2 Å². The van der Waals surface area contributed by atoms with E-state index in [0.717, 1.165) is 5.56 Å². The molecule has 4 rings (SSSR count). The van der Waals surface area contributed by atoms with E-state index in [-0.39, 0.29) is 17.2 Å². The van der Waals surface area contributed by atoms with Crippen LogP contribution >= 0.6 is 11.6 Å². The number of aryl methyl sites for hydroxylation is 1. The molecule has 0 aromatic carbocycles. The van der Waals surface area contributed by atoms with Gasteiger partial charge in [-0.05, 0) is 24.3 Å². The first kappa shape index (κ1) is 18.9. The largest absolute Gasteiger partial charge is 0.270 e. The van der Waals surface area contributed by atoms with Crippen molar-refractivity contribution in [2.75, 3.05) is 13.1 Å². The molecule has 1 saturated heterocycles. The minimum atomic E-state index is -3.70. The molecular weight excluding hydrogens is 402 g/mol. The van der Waals surface area contributed by atoms with Crippen LogP contribution in [-0.2, 0) is 23.5 Å². The molecule has 4 heterocycles. The Bertz CT molecular complexity index is 1170. The molecule has 0 radical (unpaired) electrons. The molecule has 0 aliphatic carbocycles. The Morgan fingerprint density at radius 1 is 1.32 bits per heavy atom. The summed E-state index contributed by atoms with van der Waals surface area (Å²) in [6.07, 6.45) is 5.95. The van der Waals surface area contributed by atoms with Crippen LogP contribution in [0.3, 0.4) is 0 Å². The molecule has 1 fully saturated rings. The quantitative estimate of drug-likeness (QED) is 0.637. The van der Waals surface area contributed by atoms with Gasteiger partial charge in [-0.3, -0.25) is 4.68 Å². The number of hydrogen-bond acceptors (Lipinski definition) is 6. The lowest BCUT2D eigenvalue weighted by atomic mass is 9.91. The number of nitriles is 1. The second-order valence-electron chi connectivity index (χ2n) is 6.73. The van der Waals surface area contributed by atoms with Gasteiger partial charge in [-0.2, -0.15) is 19.8 Å². The minimum absolute atomic E-state index is 0.00490. The molecule has 1 aliphatic rings. The van der Waals surface area contributed by atoms with Gasteiger partial charge in [0.15, 0.2) is 5.65 Å². The molecule has 146 valence electrons. The predicted octanol–water partition coefficient (Wildman–Crippen LogP) is 1.75. The molecule has 3 aromatic rings. The third-order valence-electron chi connectivity index (χ3n) is 5.18. The van der Waals surface area contributed by atoms with Crippen LogP contribution < -0.4 is 0 Å². The van der Waals surface area contributed by atoms with E-state index in [9.17, 15) is 8.42 Å². The maximum atomic E-state index is 13.1. The first-order chi connectivity index (χ1) is 13.4. The van der Waals surface area contributed by atoms with E-state index < -0.39 is 10.0 Å². The average molecular weight is 420 g/mol. The fourth-order valence-electron chi connectivity index (χ4n) is 3.63. The summed E-state index contributed by atoms with van der Waals surface area (Å²) >= 11 is 6.42. The van der Waals surface area contributed by atoms with E-state index in [1.165, 1.54) is 21.5 Å². The molecule has 0 saturated carbocycles. The number of sulfonamides is 1. The number of nitrogens with zero attached hydrogens (tertiary/aromatic N) is 7. The number of aromatic nitrogens is 5. The van der Waals surface area contributed by atoms with Crippen molar-refractivity contribution in [2.24, 2.45) is 7.05 Å². The lowest BCUT2D eigenvalue weighted by Gasteiger charge is -2.31. The summed E-state index contributed by atoms with van der Waals surface area (Å²) < 4.78 is 30.7. The monoisotopic (exact) mass is 419 g/mol. The molecule has 11 heteroatoms. The van der Waals surface area contributed by atoms with Crippen molar-refractivity contribution in [2.45, 2.75) is 30.1 Å². The fraction of sp³-hybridized carbons (Fsp3) is 0.412. The van der Waals surface area contributed by atoms with E-state index in [1.54, 1.807) is 17.6 Å². The van der Waals surface area contributed by atoms with Crippen molar-refractivity contribution in [3.05, 3.63) is 41.1 Å². The molecule has 0 amide bonds. The Labute approximate surface area is 167 Å². The summed E-state index contributed by atoms with van der Waals surface area (Å²) in [6, 6.07) is 3.78. The van der Waals surface area contributed by atoms with Crippen LogP contribution in [0.5, 0.6) is 0 Å². The van der Waals surface area contributed by atoms with Crippen LogP contribution in [0.2, 0.25) is 5.02 Å². The maximum Gasteiger partial charge on any atom is 0.246 e. The third kappa shape index (κ3) is 3.15. The molecule has 0 N–H and O–H groups in total. The van der Waals surface area contributed by atoms with E-state index in [2.05, 4.69) is 15.2 Å². The summed E-state index contributed by atoms with van der Waals surface area (Å²) in [5, 5.41) is 17.8. The third-order valence-corrected chi connectivity index (χ3v) is 7.44. The van der Waals surface area contributed by atoms with Gasteiger partial charge in [0, 0.05) is 37.4 Å². The Morgan fingerprint density at radius 3 is 2.79 bits per heavy atom. The van der Waals surface area contributed by atoms with Crippen molar-refractivity contribution in [3.63, 3.8) is 0 Å². The highest BCUT2D eigenvalue weighted by molar-refractivity contribution is 7.89. The van der Waals surface area contributed by atoms with E-state index in [4.69, 9.17) is 16.9 Å². The standard InChI is InChI=1S/C17H18ClN7O2S/c1-23-15(2-5-19)16(9-21-23)28(26,27)24-6-3-12(4-7-24)13-10-25-17(8-14(13)18)20-11-22-25/h8-12H,2-4,6-7H2,1H3. The number of fused-ring (bicyclic) bond motifs is 1. The van der Waals surface area contributed by atoms with Gasteiger partial charge in [-0.1, -0.05) is 11.6 Å². The van der Waals surface area contributed by atoms with Gasteiger partial charge in [0.25, 0.3) is 0 Å². The molecule has 0 atom stereocenters. The zero-order valence-electron chi connectivity index (χ0n) is 15.2. The van der Waals surface area contributed by atoms with Crippen molar-refractivity contribution in [3.8, 4) is 6.07 Å². The van der Waals surface area contributed by atoms with Crippen molar-refractivity contribution < 1.29 is 8.42 Å². The zero-order chi connectivity index (χ0) is 19.9. The molecule has 9 nitrogen and oxygen atoms in total. The molecule has 3 aromatic heterocycles. The number of hydrogen-bond donors (Lipinski definition) is 0. The van der Waals surface area contributed by atoms with Crippen LogP contribution in [0.4, 0.5) is 0 Å². The predicted molar refractivity (Wildman–Crippen MR) is 101 cm³/mol. The molecular formula is C17H18ClN7O2S. The van der Waals surface area contributed by atoms with Crippen molar-refractivity contribution in [1.29, 1.82) is 5.26 Å². The van der Waals surface area contributed by atoms with E-state index in [1.807, 2.05) is 12.3 Å². The smallest absolute Gasteiger partial charge is 0.246 e. The number of pyridine rings is 1. The van der Waals surface area contributed by atoms with Gasteiger partial charge < -0.3 is 0 Å². The lowest BCUT2D eigenvalue weighted by molar-refractivity contribution is 0.319. The molecule has 0 bridgehead atoms. The summed E-state index contributed by atoms with van der Waals surface area (Å²) in [5.41, 5.74) is 2.03. The highest BCUT2D eigenvalue weighted by Gasteiger charge is 2.33. The lowest BCUT2D eigenvalue weighted by Crippen LogP contribution is -2.38. The van der Waals surface area contributed by atoms with E-state index >= 15 is 0 Å². The Kier molecular flexibility index (Phi) is 4.82. The number of piperidine rings is 1. The highest BCUT2D eigenvalue weighted by Crippen LogP contribution is 2.35. The molecule has 1 aliphatic heterocycles. The second-order valence-corrected chi connectivity index (χ2v) is 9.05. The summed E-state index contributed by atoms with van der Waals surface area (Å²) in [6.45, 7) is 0.749. The van der Waals surface area contributed by atoms with Crippen LogP contribution in [0.15, 0.2) is 29.7 Å². The fourth-order valence-corrected chi connectivity index (χ4v) is 5.59. The summed E-state index contributed by atoms with van der Waals surface area (Å²) in [4.78, 5) is 4.23. The first-order valence-corrected chi connectivity index (χ1v) is 10.6. The van der Waals surface area contributed by atoms with Gasteiger partial charge in [-0.25, -0.2) is 17.9 Å². The van der Waals surface area contributed by atoms with Gasteiger partial charge in [0.05, 0.1) is 24.4 Å². The summed E-state index contributed by atoms with van der Waals surface area (Å²) in [5.74, 6) is 0.139. The van der Waals surface area contributed by atoms with Gasteiger partial charge in [-0.15, -0.1) is 0 Å². The topological polar surface area (TPSA) is 109 Å². The Morgan fingerprint density at radius 2 is 2.07 bits per heavy atom. The molecule has 0 spiro atoms. The van der Waals surface area contributed by atoms with E-state index in [0.29, 0.717) is 42.3 Å². The number of rotatable bonds is 4. The normalized spacial score (nSPS) is 16.5. The van der Waals surface area contributed by atoms with Crippen LogP contribution in [0.25, 0.3) is 5.65 Å². The second kappa shape index (κ2) is 7.16. The zero-order valence-corrected chi connectivity index (χ0v) is 16.7. The first-order valence-electron chi connectivity index (χ1n) is 8.78. The Balaban J connectivity index is 1.55.